The van der Waals surface area contributed by atoms with Gasteiger partial charge >= 0.3 is 5.97 Å². The molecule has 1 atom stereocenters. The highest BCUT2D eigenvalue weighted by molar-refractivity contribution is 5.70. The van der Waals surface area contributed by atoms with Gasteiger partial charge in [0.15, 0.2) is 0 Å². The lowest BCUT2D eigenvalue weighted by Gasteiger charge is -2.28. The van der Waals surface area contributed by atoms with Crippen molar-refractivity contribution in [2.45, 2.75) is 40.5 Å². The molecule has 0 N–H and O–H groups in total. The maximum absolute atomic E-state index is 11.3. The summed E-state index contributed by atoms with van der Waals surface area (Å²) in [6.45, 7) is 8.89. The predicted molar refractivity (Wildman–Crippen MR) is 56.9 cm³/mol. The third kappa shape index (κ3) is 2.17. The van der Waals surface area contributed by atoms with Gasteiger partial charge in [0, 0.05) is 6.42 Å². The van der Waals surface area contributed by atoms with E-state index in [1.807, 2.05) is 6.92 Å². The van der Waals surface area contributed by atoms with Gasteiger partial charge in [0.25, 0.3) is 0 Å². The Morgan fingerprint density at radius 2 is 2.29 bits per heavy atom. The lowest BCUT2D eigenvalue weighted by atomic mass is 9.76. The van der Waals surface area contributed by atoms with Gasteiger partial charge < -0.3 is 4.74 Å². The molecular weight excluding hydrogens is 176 g/mol. The number of rotatable bonds is 3. The lowest BCUT2D eigenvalue weighted by Crippen LogP contribution is -2.23. The highest BCUT2D eigenvalue weighted by atomic mass is 16.5. The molecule has 0 radical (unpaired) electrons. The SMILES string of the molecule is CCOC(=O)CC1CC=C(C)C1(C)C. The standard InChI is InChI=1S/C12H20O2/c1-5-14-11(13)8-10-7-6-9(2)12(10,3)4/h6,10H,5,7-8H2,1-4H3. The Hall–Kier alpha value is -0.790. The molecule has 1 aliphatic carbocycles. The molecule has 0 aromatic heterocycles. The van der Waals surface area contributed by atoms with Crippen LogP contribution in [0.5, 0.6) is 0 Å². The van der Waals surface area contributed by atoms with E-state index in [0.29, 0.717) is 18.9 Å². The highest BCUT2D eigenvalue weighted by Crippen LogP contribution is 2.44. The molecule has 0 aliphatic heterocycles. The third-order valence-electron chi connectivity index (χ3n) is 3.46. The summed E-state index contributed by atoms with van der Waals surface area (Å²) < 4.78 is 4.97. The van der Waals surface area contributed by atoms with Crippen LogP contribution in [0.3, 0.4) is 0 Å². The van der Waals surface area contributed by atoms with Gasteiger partial charge in [-0.3, -0.25) is 4.79 Å². The summed E-state index contributed by atoms with van der Waals surface area (Å²) in [5.41, 5.74) is 1.55. The summed E-state index contributed by atoms with van der Waals surface area (Å²) in [4.78, 5) is 11.3. The molecule has 0 heterocycles. The summed E-state index contributed by atoms with van der Waals surface area (Å²) in [6, 6.07) is 0. The minimum Gasteiger partial charge on any atom is -0.466 e. The van der Waals surface area contributed by atoms with Crippen LogP contribution in [0.15, 0.2) is 11.6 Å². The molecule has 0 fully saturated rings. The van der Waals surface area contributed by atoms with Gasteiger partial charge in [-0.2, -0.15) is 0 Å². The fourth-order valence-corrected chi connectivity index (χ4v) is 1.96. The van der Waals surface area contributed by atoms with E-state index in [0.717, 1.165) is 6.42 Å². The van der Waals surface area contributed by atoms with Crippen molar-refractivity contribution in [3.63, 3.8) is 0 Å². The van der Waals surface area contributed by atoms with Gasteiger partial charge in [0.2, 0.25) is 0 Å². The van der Waals surface area contributed by atoms with Crippen LogP contribution in [0.25, 0.3) is 0 Å². The summed E-state index contributed by atoms with van der Waals surface area (Å²) in [5, 5.41) is 0. The van der Waals surface area contributed by atoms with Crippen LogP contribution in [0, 0.1) is 11.3 Å². The molecule has 1 rings (SSSR count). The van der Waals surface area contributed by atoms with Crippen LogP contribution >= 0.6 is 0 Å². The topological polar surface area (TPSA) is 26.3 Å². The minimum absolute atomic E-state index is 0.0614. The molecule has 2 nitrogen and oxygen atoms in total. The lowest BCUT2D eigenvalue weighted by molar-refractivity contribution is -0.144. The van der Waals surface area contributed by atoms with Crippen molar-refractivity contribution >= 4 is 5.97 Å². The van der Waals surface area contributed by atoms with E-state index in [9.17, 15) is 4.79 Å². The first kappa shape index (κ1) is 11.3. The largest absolute Gasteiger partial charge is 0.466 e. The fourth-order valence-electron chi connectivity index (χ4n) is 1.96. The van der Waals surface area contributed by atoms with E-state index < -0.39 is 0 Å². The number of hydrogen-bond acceptors (Lipinski definition) is 2. The van der Waals surface area contributed by atoms with Gasteiger partial charge in [0.05, 0.1) is 6.61 Å². The van der Waals surface area contributed by atoms with E-state index in [4.69, 9.17) is 4.74 Å². The summed E-state index contributed by atoms with van der Waals surface area (Å²) in [6.07, 6.45) is 3.80. The van der Waals surface area contributed by atoms with Crippen molar-refractivity contribution in [3.8, 4) is 0 Å². The van der Waals surface area contributed by atoms with Gasteiger partial charge in [-0.15, -0.1) is 0 Å². The molecule has 1 aliphatic rings. The van der Waals surface area contributed by atoms with Gasteiger partial charge in [-0.25, -0.2) is 0 Å². The van der Waals surface area contributed by atoms with Gasteiger partial charge in [-0.1, -0.05) is 25.5 Å². The second-order valence-corrected chi connectivity index (χ2v) is 4.55. The molecule has 0 saturated heterocycles. The van der Waals surface area contributed by atoms with Crippen molar-refractivity contribution in [1.82, 2.24) is 0 Å². The van der Waals surface area contributed by atoms with Crippen LogP contribution in [0.4, 0.5) is 0 Å². The summed E-state index contributed by atoms with van der Waals surface area (Å²) in [5.74, 6) is 0.357. The monoisotopic (exact) mass is 196 g/mol. The van der Waals surface area contributed by atoms with Crippen molar-refractivity contribution < 1.29 is 9.53 Å². The van der Waals surface area contributed by atoms with E-state index >= 15 is 0 Å². The zero-order valence-electron chi connectivity index (χ0n) is 9.59. The first-order valence-electron chi connectivity index (χ1n) is 5.31. The van der Waals surface area contributed by atoms with E-state index in [2.05, 4.69) is 26.8 Å². The quantitative estimate of drug-likeness (QED) is 0.512. The van der Waals surface area contributed by atoms with Crippen molar-refractivity contribution in [2.24, 2.45) is 11.3 Å². The van der Waals surface area contributed by atoms with Crippen LogP contribution < -0.4 is 0 Å². The molecule has 2 heteroatoms. The first-order chi connectivity index (χ1) is 6.48. The van der Waals surface area contributed by atoms with Crippen LogP contribution in [-0.4, -0.2) is 12.6 Å². The molecule has 80 valence electrons. The van der Waals surface area contributed by atoms with Crippen LogP contribution in [0.1, 0.15) is 40.5 Å². The molecule has 0 bridgehead atoms. The number of hydrogen-bond donors (Lipinski definition) is 0. The molecule has 0 saturated carbocycles. The zero-order valence-corrected chi connectivity index (χ0v) is 9.59. The Morgan fingerprint density at radius 1 is 1.64 bits per heavy atom. The molecule has 0 amide bonds. The molecule has 14 heavy (non-hydrogen) atoms. The van der Waals surface area contributed by atoms with Gasteiger partial charge in [0.1, 0.15) is 0 Å². The second kappa shape index (κ2) is 4.16. The van der Waals surface area contributed by atoms with Crippen molar-refractivity contribution in [3.05, 3.63) is 11.6 Å². The molecule has 1 unspecified atom stereocenters. The zero-order chi connectivity index (χ0) is 10.8. The molecule has 0 aromatic carbocycles. The van der Waals surface area contributed by atoms with E-state index in [1.54, 1.807) is 0 Å². The molecule has 0 aromatic rings. The van der Waals surface area contributed by atoms with Crippen molar-refractivity contribution in [2.75, 3.05) is 6.61 Å². The molecular formula is C12H20O2. The maximum atomic E-state index is 11.3. The highest BCUT2D eigenvalue weighted by Gasteiger charge is 2.36. The van der Waals surface area contributed by atoms with Crippen LogP contribution in [0.2, 0.25) is 0 Å². The average Bonchev–Trinajstić information content (AvgIpc) is 2.32. The van der Waals surface area contributed by atoms with Gasteiger partial charge in [-0.05, 0) is 31.6 Å². The Labute approximate surface area is 86.3 Å². The second-order valence-electron chi connectivity index (χ2n) is 4.55. The van der Waals surface area contributed by atoms with E-state index in [-0.39, 0.29) is 11.4 Å². The Bertz CT molecular complexity index is 251. The first-order valence-corrected chi connectivity index (χ1v) is 5.31. The van der Waals surface area contributed by atoms with Crippen molar-refractivity contribution in [1.29, 1.82) is 0 Å². The number of esters is 1. The number of carbonyl (C=O) groups is 1. The normalized spacial score (nSPS) is 24.6. The number of carbonyl (C=O) groups excluding carboxylic acids is 1. The summed E-state index contributed by atoms with van der Waals surface area (Å²) >= 11 is 0. The predicted octanol–water partition coefficient (Wildman–Crippen LogP) is 2.93. The maximum Gasteiger partial charge on any atom is 0.306 e. The number of ether oxygens (including phenoxy) is 1. The molecule has 0 spiro atoms. The Morgan fingerprint density at radius 3 is 2.71 bits per heavy atom. The minimum atomic E-state index is -0.0614. The Balaban J connectivity index is 2.53. The third-order valence-corrected chi connectivity index (χ3v) is 3.46. The smallest absolute Gasteiger partial charge is 0.306 e. The summed E-state index contributed by atoms with van der Waals surface area (Å²) in [7, 11) is 0. The Kier molecular flexibility index (Phi) is 3.35. The van der Waals surface area contributed by atoms with Crippen LogP contribution in [-0.2, 0) is 9.53 Å². The fraction of sp³-hybridized carbons (Fsp3) is 0.750. The number of allylic oxidation sites excluding steroid dienone is 2. The van der Waals surface area contributed by atoms with E-state index in [1.165, 1.54) is 5.57 Å². The average molecular weight is 196 g/mol.